The Morgan fingerprint density at radius 1 is 1.21 bits per heavy atom. The highest BCUT2D eigenvalue weighted by atomic mass is 35.5. The van der Waals surface area contributed by atoms with Crippen molar-refractivity contribution < 1.29 is 13.2 Å². The van der Waals surface area contributed by atoms with Gasteiger partial charge in [0.05, 0.1) is 15.6 Å². The molecule has 8 heteroatoms. The highest BCUT2D eigenvalue weighted by Crippen LogP contribution is 2.32. The van der Waals surface area contributed by atoms with Crippen molar-refractivity contribution in [3.63, 3.8) is 0 Å². The van der Waals surface area contributed by atoms with E-state index in [-0.39, 0.29) is 10.8 Å². The smallest absolute Gasteiger partial charge is 0.242 e. The molecule has 1 aliphatic rings. The Hall–Kier alpha value is -1.93. The molecule has 1 saturated heterocycles. The van der Waals surface area contributed by atoms with Crippen molar-refractivity contribution >= 4 is 33.2 Å². The summed E-state index contributed by atoms with van der Waals surface area (Å²) in [4.78, 5) is 14.9. The van der Waals surface area contributed by atoms with Gasteiger partial charge >= 0.3 is 0 Å². The summed E-state index contributed by atoms with van der Waals surface area (Å²) in [6, 6.07) is 15.0. The first-order chi connectivity index (χ1) is 13.8. The molecule has 29 heavy (non-hydrogen) atoms. The van der Waals surface area contributed by atoms with Gasteiger partial charge in [-0.15, -0.1) is 0 Å². The van der Waals surface area contributed by atoms with Crippen LogP contribution in [0.1, 0.15) is 30.9 Å². The number of nitrogens with zero attached hydrogens (tertiary/aromatic N) is 2. The molecule has 0 aliphatic carbocycles. The second-order valence-corrected chi connectivity index (χ2v) is 9.89. The van der Waals surface area contributed by atoms with E-state index >= 15 is 0 Å². The molecule has 1 heterocycles. The lowest BCUT2D eigenvalue weighted by Crippen LogP contribution is -2.28. The number of carbonyl (C=O) groups is 1. The van der Waals surface area contributed by atoms with Gasteiger partial charge in [-0.3, -0.25) is 9.69 Å². The van der Waals surface area contributed by atoms with Gasteiger partial charge in [0.2, 0.25) is 15.9 Å². The van der Waals surface area contributed by atoms with Crippen molar-refractivity contribution in [3.05, 3.63) is 59.1 Å². The molecular weight excluding hydrogens is 410 g/mol. The maximum atomic E-state index is 12.5. The zero-order valence-electron chi connectivity index (χ0n) is 16.6. The summed E-state index contributed by atoms with van der Waals surface area (Å²) in [5, 5.41) is 3.06. The van der Waals surface area contributed by atoms with E-state index in [9.17, 15) is 13.2 Å². The second kappa shape index (κ2) is 9.26. The first-order valence-corrected chi connectivity index (χ1v) is 11.4. The Bertz CT molecular complexity index is 964. The maximum Gasteiger partial charge on any atom is 0.242 e. The van der Waals surface area contributed by atoms with Gasteiger partial charge in [-0.2, -0.15) is 0 Å². The number of halogens is 1. The van der Waals surface area contributed by atoms with E-state index < -0.39 is 10.0 Å². The van der Waals surface area contributed by atoms with E-state index in [1.165, 1.54) is 37.9 Å². The van der Waals surface area contributed by atoms with Crippen LogP contribution in [-0.4, -0.2) is 50.7 Å². The summed E-state index contributed by atoms with van der Waals surface area (Å²) < 4.78 is 25.8. The number of nitrogens with one attached hydrogen (secondary N) is 1. The van der Waals surface area contributed by atoms with Crippen LogP contribution >= 0.6 is 11.6 Å². The average Bonchev–Trinajstić information content (AvgIpc) is 3.17. The van der Waals surface area contributed by atoms with Crippen LogP contribution in [0.15, 0.2) is 53.4 Å². The highest BCUT2D eigenvalue weighted by Gasteiger charge is 2.26. The number of hydrogen-bond acceptors (Lipinski definition) is 4. The molecule has 2 aromatic rings. The first-order valence-electron chi connectivity index (χ1n) is 9.60. The molecule has 0 aromatic heterocycles. The minimum atomic E-state index is -3.60. The van der Waals surface area contributed by atoms with Crippen molar-refractivity contribution in [2.75, 3.05) is 32.5 Å². The molecular formula is C21H26ClN3O3S. The third-order valence-electron chi connectivity index (χ3n) is 5.16. The van der Waals surface area contributed by atoms with Crippen LogP contribution in [0.25, 0.3) is 0 Å². The zero-order valence-corrected chi connectivity index (χ0v) is 18.2. The van der Waals surface area contributed by atoms with E-state index in [1.54, 1.807) is 0 Å². The summed E-state index contributed by atoms with van der Waals surface area (Å²) in [7, 11) is -0.681. The molecule has 6 nitrogen and oxygen atoms in total. The van der Waals surface area contributed by atoms with Crippen molar-refractivity contribution in [2.24, 2.45) is 0 Å². The fourth-order valence-corrected chi connectivity index (χ4v) is 4.67. The van der Waals surface area contributed by atoms with Crippen LogP contribution in [0.3, 0.4) is 0 Å². The normalized spacial score (nSPS) is 17.6. The van der Waals surface area contributed by atoms with E-state index in [0.29, 0.717) is 29.7 Å². The molecule has 0 saturated carbocycles. The summed E-state index contributed by atoms with van der Waals surface area (Å²) in [5.74, 6) is -0.190. The molecule has 1 atom stereocenters. The molecule has 3 rings (SSSR count). The van der Waals surface area contributed by atoms with E-state index in [1.807, 2.05) is 18.2 Å². The predicted molar refractivity (Wildman–Crippen MR) is 116 cm³/mol. The molecule has 1 fully saturated rings. The summed E-state index contributed by atoms with van der Waals surface area (Å²) in [5.41, 5.74) is 1.58. The van der Waals surface area contributed by atoms with Crippen molar-refractivity contribution in [1.82, 2.24) is 9.21 Å². The monoisotopic (exact) mass is 435 g/mol. The molecule has 2 aromatic carbocycles. The van der Waals surface area contributed by atoms with Gasteiger partial charge < -0.3 is 5.32 Å². The number of anilines is 1. The molecule has 1 amide bonds. The maximum absolute atomic E-state index is 12.5. The number of amides is 1. The topological polar surface area (TPSA) is 69.7 Å². The lowest BCUT2D eigenvalue weighted by atomic mass is 10.0. The Morgan fingerprint density at radius 2 is 1.93 bits per heavy atom. The van der Waals surface area contributed by atoms with Crippen LogP contribution < -0.4 is 5.32 Å². The SMILES string of the molecule is CN(C)S(=O)(=O)c1ccc(Cl)c(NC(=O)CCN2CCCC2c2ccccc2)c1. The molecule has 0 spiro atoms. The van der Waals surface area contributed by atoms with Gasteiger partial charge in [0.1, 0.15) is 0 Å². The number of rotatable bonds is 7. The van der Waals surface area contributed by atoms with Crippen LogP contribution in [0.4, 0.5) is 5.69 Å². The second-order valence-electron chi connectivity index (χ2n) is 7.33. The Morgan fingerprint density at radius 3 is 2.62 bits per heavy atom. The van der Waals surface area contributed by atoms with E-state index in [0.717, 1.165) is 23.7 Å². The summed E-state index contributed by atoms with van der Waals surface area (Å²) in [6.07, 6.45) is 2.50. The summed E-state index contributed by atoms with van der Waals surface area (Å²) >= 11 is 6.17. The number of sulfonamides is 1. The van der Waals surface area contributed by atoms with Gasteiger partial charge in [-0.25, -0.2) is 12.7 Å². The Kier molecular flexibility index (Phi) is 6.95. The van der Waals surface area contributed by atoms with Crippen LogP contribution in [-0.2, 0) is 14.8 Å². The average molecular weight is 436 g/mol. The first kappa shape index (κ1) is 21.8. The Labute approximate surface area is 177 Å². The van der Waals surface area contributed by atoms with E-state index in [4.69, 9.17) is 11.6 Å². The Balaban J connectivity index is 1.64. The van der Waals surface area contributed by atoms with Crippen molar-refractivity contribution in [3.8, 4) is 0 Å². The van der Waals surface area contributed by atoms with Gasteiger partial charge in [-0.05, 0) is 43.1 Å². The van der Waals surface area contributed by atoms with Crippen molar-refractivity contribution in [2.45, 2.75) is 30.2 Å². The standard InChI is InChI=1S/C21H26ClN3O3S/c1-24(2)29(27,28)17-10-11-18(22)19(15-17)23-21(26)12-14-25-13-6-9-20(25)16-7-4-3-5-8-16/h3-5,7-8,10-11,15,20H,6,9,12-14H2,1-2H3,(H,23,26). The third kappa shape index (κ3) is 5.17. The minimum Gasteiger partial charge on any atom is -0.325 e. The number of hydrogen-bond donors (Lipinski definition) is 1. The van der Waals surface area contributed by atoms with Gasteiger partial charge in [0, 0.05) is 33.1 Å². The van der Waals surface area contributed by atoms with Gasteiger partial charge in [0.25, 0.3) is 0 Å². The quantitative estimate of drug-likeness (QED) is 0.718. The van der Waals surface area contributed by atoms with Crippen LogP contribution in [0, 0.1) is 0 Å². The minimum absolute atomic E-state index is 0.0888. The number of likely N-dealkylation sites (tertiary alicyclic amines) is 1. The van der Waals surface area contributed by atoms with Gasteiger partial charge in [-0.1, -0.05) is 41.9 Å². The molecule has 1 unspecified atom stereocenters. The molecule has 1 aliphatic heterocycles. The van der Waals surface area contributed by atoms with Gasteiger partial charge in [0.15, 0.2) is 0 Å². The number of benzene rings is 2. The number of carbonyl (C=O) groups excluding carboxylic acids is 1. The highest BCUT2D eigenvalue weighted by molar-refractivity contribution is 7.89. The third-order valence-corrected chi connectivity index (χ3v) is 7.31. The fourth-order valence-electron chi connectivity index (χ4n) is 3.58. The van der Waals surface area contributed by atoms with Crippen molar-refractivity contribution in [1.29, 1.82) is 0 Å². The lowest BCUT2D eigenvalue weighted by molar-refractivity contribution is -0.116. The van der Waals surface area contributed by atoms with E-state index in [2.05, 4.69) is 22.3 Å². The zero-order chi connectivity index (χ0) is 21.0. The lowest BCUT2D eigenvalue weighted by Gasteiger charge is -2.24. The fraction of sp³-hybridized carbons (Fsp3) is 0.381. The molecule has 1 N–H and O–H groups in total. The predicted octanol–water partition coefficient (Wildman–Crippen LogP) is 3.76. The molecule has 0 bridgehead atoms. The van der Waals surface area contributed by atoms with Crippen LogP contribution in [0.2, 0.25) is 5.02 Å². The molecule has 0 radical (unpaired) electrons. The molecule has 156 valence electrons. The summed E-state index contributed by atoms with van der Waals surface area (Å²) in [6.45, 7) is 1.60. The van der Waals surface area contributed by atoms with Crippen LogP contribution in [0.5, 0.6) is 0 Å². The largest absolute Gasteiger partial charge is 0.325 e.